The van der Waals surface area contributed by atoms with Gasteiger partial charge < -0.3 is 10.2 Å². The first-order valence-corrected chi connectivity index (χ1v) is 5.08. The molecule has 4 nitrogen and oxygen atoms in total. The summed E-state index contributed by atoms with van der Waals surface area (Å²) in [5.41, 5.74) is 0. The molecular formula is C10H17N3O. The van der Waals surface area contributed by atoms with Gasteiger partial charge in [-0.15, -0.1) is 0 Å². The van der Waals surface area contributed by atoms with Crippen molar-refractivity contribution in [1.29, 1.82) is 5.26 Å². The van der Waals surface area contributed by atoms with Gasteiger partial charge in [0.2, 0.25) is 5.91 Å². The van der Waals surface area contributed by atoms with Gasteiger partial charge in [0.05, 0.1) is 12.5 Å². The van der Waals surface area contributed by atoms with Crippen LogP contribution in [-0.2, 0) is 4.79 Å². The molecule has 0 spiro atoms. The molecule has 1 aliphatic heterocycles. The van der Waals surface area contributed by atoms with Crippen molar-refractivity contribution < 1.29 is 4.79 Å². The van der Waals surface area contributed by atoms with E-state index in [2.05, 4.69) is 11.4 Å². The Balaban J connectivity index is 2.35. The zero-order chi connectivity index (χ0) is 10.4. The Labute approximate surface area is 84.9 Å². The fraction of sp³-hybridized carbons (Fsp3) is 0.800. The lowest BCUT2D eigenvalue weighted by Gasteiger charge is -2.26. The normalized spacial score (nSPS) is 17.4. The van der Waals surface area contributed by atoms with Crippen LogP contribution in [0.4, 0.5) is 0 Å². The summed E-state index contributed by atoms with van der Waals surface area (Å²) in [6, 6.07) is 2.05. The molecule has 1 aliphatic rings. The molecule has 0 radical (unpaired) electrons. The van der Waals surface area contributed by atoms with E-state index in [9.17, 15) is 4.79 Å². The predicted octanol–water partition coefficient (Wildman–Crippen LogP) is 0.358. The molecule has 1 amide bonds. The van der Waals surface area contributed by atoms with Crippen molar-refractivity contribution in [2.24, 2.45) is 5.92 Å². The molecule has 1 heterocycles. The minimum Gasteiger partial charge on any atom is -0.344 e. The van der Waals surface area contributed by atoms with Gasteiger partial charge in [0, 0.05) is 19.5 Å². The Bertz CT molecular complexity index is 228. The number of hydrogen-bond acceptors (Lipinski definition) is 3. The third-order valence-electron chi connectivity index (χ3n) is 2.62. The van der Waals surface area contributed by atoms with Crippen LogP contribution in [0, 0.1) is 17.2 Å². The number of piperidine rings is 1. The summed E-state index contributed by atoms with van der Waals surface area (Å²) in [4.78, 5) is 13.5. The van der Waals surface area contributed by atoms with Crippen molar-refractivity contribution in [3.63, 3.8) is 0 Å². The number of carbonyl (C=O) groups excluding carboxylic acids is 1. The van der Waals surface area contributed by atoms with Crippen LogP contribution in [0.2, 0.25) is 0 Å². The fourth-order valence-electron chi connectivity index (χ4n) is 1.71. The second-order valence-electron chi connectivity index (χ2n) is 3.69. The molecule has 1 N–H and O–H groups in total. The van der Waals surface area contributed by atoms with Crippen molar-refractivity contribution in [1.82, 2.24) is 10.2 Å². The minimum absolute atomic E-state index is 0.167. The molecule has 0 saturated carbocycles. The maximum Gasteiger partial charge on any atom is 0.225 e. The molecular weight excluding hydrogens is 178 g/mol. The second-order valence-corrected chi connectivity index (χ2v) is 3.69. The van der Waals surface area contributed by atoms with E-state index in [1.165, 1.54) is 0 Å². The molecule has 0 aromatic heterocycles. The standard InChI is InChI=1S/C10H17N3O/c1-13(8-2-5-11)10(14)9-3-6-12-7-4-9/h9,12H,2-4,6-8H2,1H3. The van der Waals surface area contributed by atoms with Crippen molar-refractivity contribution >= 4 is 5.91 Å². The van der Waals surface area contributed by atoms with Crippen molar-refractivity contribution in [3.8, 4) is 6.07 Å². The van der Waals surface area contributed by atoms with Gasteiger partial charge in [-0.2, -0.15) is 5.26 Å². The predicted molar refractivity (Wildman–Crippen MR) is 53.5 cm³/mol. The molecule has 0 bridgehead atoms. The molecule has 0 unspecified atom stereocenters. The fourth-order valence-corrected chi connectivity index (χ4v) is 1.71. The zero-order valence-corrected chi connectivity index (χ0v) is 8.62. The van der Waals surface area contributed by atoms with Gasteiger partial charge in [0.15, 0.2) is 0 Å². The number of nitrogens with one attached hydrogen (secondary N) is 1. The Morgan fingerprint density at radius 1 is 1.57 bits per heavy atom. The summed E-state index contributed by atoms with van der Waals surface area (Å²) in [5, 5.41) is 11.6. The van der Waals surface area contributed by atoms with Crippen LogP contribution >= 0.6 is 0 Å². The highest BCUT2D eigenvalue weighted by Gasteiger charge is 2.23. The van der Waals surface area contributed by atoms with Gasteiger partial charge >= 0.3 is 0 Å². The maximum atomic E-state index is 11.8. The lowest BCUT2D eigenvalue weighted by molar-refractivity contribution is -0.134. The number of nitrogens with zero attached hydrogens (tertiary/aromatic N) is 2. The van der Waals surface area contributed by atoms with Crippen LogP contribution < -0.4 is 5.32 Å². The number of hydrogen-bond donors (Lipinski definition) is 1. The van der Waals surface area contributed by atoms with Gasteiger partial charge in [-0.3, -0.25) is 4.79 Å². The summed E-state index contributed by atoms with van der Waals surface area (Å²) in [5.74, 6) is 0.363. The quantitative estimate of drug-likeness (QED) is 0.707. The van der Waals surface area contributed by atoms with Crippen molar-refractivity contribution in [2.45, 2.75) is 19.3 Å². The van der Waals surface area contributed by atoms with E-state index in [1.54, 1.807) is 11.9 Å². The third-order valence-corrected chi connectivity index (χ3v) is 2.62. The lowest BCUT2D eigenvalue weighted by Crippen LogP contribution is -2.39. The molecule has 0 aromatic rings. The van der Waals surface area contributed by atoms with E-state index in [0.717, 1.165) is 25.9 Å². The molecule has 4 heteroatoms. The number of amides is 1. The Morgan fingerprint density at radius 3 is 2.79 bits per heavy atom. The van der Waals surface area contributed by atoms with Crippen LogP contribution in [0.3, 0.4) is 0 Å². The summed E-state index contributed by atoms with van der Waals surface area (Å²) in [6.07, 6.45) is 2.28. The average molecular weight is 195 g/mol. The third kappa shape index (κ3) is 3.00. The first kappa shape index (κ1) is 11.0. The minimum atomic E-state index is 0.167. The number of carbonyl (C=O) groups is 1. The lowest BCUT2D eigenvalue weighted by atomic mass is 9.97. The van der Waals surface area contributed by atoms with Gasteiger partial charge in [-0.05, 0) is 25.9 Å². The van der Waals surface area contributed by atoms with Gasteiger partial charge in [0.1, 0.15) is 0 Å². The average Bonchev–Trinajstić information content (AvgIpc) is 2.26. The van der Waals surface area contributed by atoms with Crippen molar-refractivity contribution in [3.05, 3.63) is 0 Å². The maximum absolute atomic E-state index is 11.8. The number of nitriles is 1. The topological polar surface area (TPSA) is 56.1 Å². The summed E-state index contributed by atoms with van der Waals surface area (Å²) in [7, 11) is 1.78. The highest BCUT2D eigenvalue weighted by molar-refractivity contribution is 5.78. The van der Waals surface area contributed by atoms with Crippen LogP contribution in [0.5, 0.6) is 0 Å². The second kappa shape index (κ2) is 5.61. The molecule has 1 fully saturated rings. The van der Waals surface area contributed by atoms with Crippen LogP contribution in [0.15, 0.2) is 0 Å². The van der Waals surface area contributed by atoms with Crippen LogP contribution in [0.1, 0.15) is 19.3 Å². The van der Waals surface area contributed by atoms with Crippen LogP contribution in [-0.4, -0.2) is 37.5 Å². The Hall–Kier alpha value is -1.08. The smallest absolute Gasteiger partial charge is 0.225 e. The van der Waals surface area contributed by atoms with E-state index in [1.807, 2.05) is 0 Å². The zero-order valence-electron chi connectivity index (χ0n) is 8.62. The van der Waals surface area contributed by atoms with Crippen LogP contribution in [0.25, 0.3) is 0 Å². The van der Waals surface area contributed by atoms with Gasteiger partial charge in [-0.1, -0.05) is 0 Å². The Morgan fingerprint density at radius 2 is 2.21 bits per heavy atom. The van der Waals surface area contributed by atoms with E-state index in [-0.39, 0.29) is 11.8 Å². The summed E-state index contributed by atoms with van der Waals surface area (Å²) >= 11 is 0. The molecule has 0 aromatic carbocycles. The summed E-state index contributed by atoms with van der Waals surface area (Å²) < 4.78 is 0. The van der Waals surface area contributed by atoms with Crippen molar-refractivity contribution in [2.75, 3.05) is 26.7 Å². The van der Waals surface area contributed by atoms with E-state index in [4.69, 9.17) is 5.26 Å². The molecule has 1 rings (SSSR count). The molecule has 0 atom stereocenters. The van der Waals surface area contributed by atoms with Gasteiger partial charge in [-0.25, -0.2) is 0 Å². The highest BCUT2D eigenvalue weighted by atomic mass is 16.2. The monoisotopic (exact) mass is 195 g/mol. The summed E-state index contributed by atoms with van der Waals surface area (Å²) in [6.45, 7) is 2.42. The number of rotatable bonds is 3. The molecule has 1 saturated heterocycles. The van der Waals surface area contributed by atoms with E-state index >= 15 is 0 Å². The van der Waals surface area contributed by atoms with Gasteiger partial charge in [0.25, 0.3) is 0 Å². The van der Waals surface area contributed by atoms with E-state index < -0.39 is 0 Å². The van der Waals surface area contributed by atoms with E-state index in [0.29, 0.717) is 13.0 Å². The largest absolute Gasteiger partial charge is 0.344 e. The SMILES string of the molecule is CN(CCC#N)C(=O)C1CCNCC1. The first-order valence-electron chi connectivity index (χ1n) is 5.08. The molecule has 78 valence electrons. The molecule has 14 heavy (non-hydrogen) atoms. The molecule has 0 aliphatic carbocycles. The highest BCUT2D eigenvalue weighted by Crippen LogP contribution is 2.14. The first-order chi connectivity index (χ1) is 6.75. The Kier molecular flexibility index (Phi) is 4.41.